The van der Waals surface area contributed by atoms with Crippen LogP contribution in [0, 0.1) is 11.6 Å². The minimum absolute atomic E-state index is 0.0431. The highest BCUT2D eigenvalue weighted by Gasteiger charge is 2.32. The van der Waals surface area contributed by atoms with Crippen LogP contribution in [0.15, 0.2) is 72.8 Å². The molecule has 8 heteroatoms. The highest BCUT2D eigenvalue weighted by molar-refractivity contribution is 6.02. The van der Waals surface area contributed by atoms with E-state index >= 15 is 0 Å². The zero-order valence-corrected chi connectivity index (χ0v) is 19.1. The van der Waals surface area contributed by atoms with Gasteiger partial charge in [0.2, 0.25) is 5.91 Å². The summed E-state index contributed by atoms with van der Waals surface area (Å²) in [5.41, 5.74) is 2.39. The molecule has 0 aliphatic carbocycles. The maximum absolute atomic E-state index is 13.6. The van der Waals surface area contributed by atoms with E-state index in [9.17, 15) is 18.4 Å². The fraction of sp³-hybridized carbons (Fsp3) is 0.259. The van der Waals surface area contributed by atoms with E-state index in [2.05, 4.69) is 4.90 Å². The second-order valence-electron chi connectivity index (χ2n) is 8.66. The molecule has 0 spiro atoms. The number of piperazine rings is 1. The van der Waals surface area contributed by atoms with Gasteiger partial charge in [0.15, 0.2) is 6.61 Å². The highest BCUT2D eigenvalue weighted by atomic mass is 19.1. The molecule has 0 saturated carbocycles. The van der Waals surface area contributed by atoms with Crippen LogP contribution in [0.25, 0.3) is 0 Å². The van der Waals surface area contributed by atoms with Gasteiger partial charge in [0.25, 0.3) is 5.91 Å². The maximum Gasteiger partial charge on any atom is 0.265 e. The molecule has 0 bridgehead atoms. The zero-order chi connectivity index (χ0) is 24.4. The predicted octanol–water partition coefficient (Wildman–Crippen LogP) is 3.62. The average molecular weight is 478 g/mol. The summed E-state index contributed by atoms with van der Waals surface area (Å²) in [6.45, 7) is 2.00. The second kappa shape index (κ2) is 9.84. The fourth-order valence-corrected chi connectivity index (χ4v) is 4.70. The number of carbonyl (C=O) groups excluding carboxylic acids is 2. The van der Waals surface area contributed by atoms with E-state index in [-0.39, 0.29) is 42.6 Å². The lowest BCUT2D eigenvalue weighted by Gasteiger charge is -2.40. The molecule has 6 nitrogen and oxygen atoms in total. The highest BCUT2D eigenvalue weighted by Crippen LogP contribution is 2.32. The summed E-state index contributed by atoms with van der Waals surface area (Å²) < 4.78 is 32.6. The minimum atomic E-state index is -0.318. The van der Waals surface area contributed by atoms with E-state index in [4.69, 9.17) is 4.74 Å². The quantitative estimate of drug-likeness (QED) is 0.563. The molecule has 1 fully saturated rings. The molecule has 0 unspecified atom stereocenters. The number of benzene rings is 3. The molecule has 180 valence electrons. The molecular formula is C27H25F2N3O3. The van der Waals surface area contributed by atoms with E-state index in [1.807, 2.05) is 12.1 Å². The molecule has 2 aliphatic heterocycles. The number of nitrogens with zero attached hydrogens (tertiary/aromatic N) is 3. The standard InChI is InChI=1S/C27H25F2N3O3/c28-21-9-5-19(6-10-21)27(20-7-11-22(29)12-8-20)31-15-13-30(14-16-31)25(33)17-32-23-3-1-2-4-24(23)35-18-26(32)34/h1-12,27H,13-18H2. The van der Waals surface area contributed by atoms with Crippen LogP contribution in [0.3, 0.4) is 0 Å². The topological polar surface area (TPSA) is 53.1 Å². The summed E-state index contributed by atoms with van der Waals surface area (Å²) in [6, 6.07) is 19.6. The molecule has 3 aromatic carbocycles. The van der Waals surface area contributed by atoms with E-state index in [1.54, 1.807) is 41.3 Å². The van der Waals surface area contributed by atoms with Crippen molar-refractivity contribution in [2.24, 2.45) is 0 Å². The summed E-state index contributed by atoms with van der Waals surface area (Å²) in [6.07, 6.45) is 0. The lowest BCUT2D eigenvalue weighted by Crippen LogP contribution is -2.53. The first-order chi connectivity index (χ1) is 17.0. The first kappa shape index (κ1) is 23.0. The number of rotatable bonds is 5. The van der Waals surface area contributed by atoms with Crippen molar-refractivity contribution in [1.82, 2.24) is 9.80 Å². The molecule has 5 rings (SSSR count). The number of para-hydroxylation sites is 2. The van der Waals surface area contributed by atoms with Gasteiger partial charge >= 0.3 is 0 Å². The molecule has 0 N–H and O–H groups in total. The van der Waals surface area contributed by atoms with Crippen molar-refractivity contribution in [2.45, 2.75) is 6.04 Å². The smallest absolute Gasteiger partial charge is 0.265 e. The van der Waals surface area contributed by atoms with Gasteiger partial charge in [0.1, 0.15) is 23.9 Å². The van der Waals surface area contributed by atoms with Gasteiger partial charge in [-0.05, 0) is 47.5 Å². The van der Waals surface area contributed by atoms with E-state index in [1.165, 1.54) is 29.2 Å². The average Bonchev–Trinajstić information content (AvgIpc) is 2.88. The Bertz CT molecular complexity index is 1160. The second-order valence-corrected chi connectivity index (χ2v) is 8.66. The number of hydrogen-bond acceptors (Lipinski definition) is 4. The number of halogens is 2. The van der Waals surface area contributed by atoms with Gasteiger partial charge in [-0.1, -0.05) is 36.4 Å². The van der Waals surface area contributed by atoms with Gasteiger partial charge in [-0.25, -0.2) is 8.78 Å². The van der Waals surface area contributed by atoms with Crippen LogP contribution < -0.4 is 9.64 Å². The molecule has 0 aromatic heterocycles. The Balaban J connectivity index is 1.29. The molecule has 2 amide bonds. The third-order valence-corrected chi connectivity index (χ3v) is 6.51. The van der Waals surface area contributed by atoms with Crippen molar-refractivity contribution in [2.75, 3.05) is 44.2 Å². The van der Waals surface area contributed by atoms with Crippen LogP contribution >= 0.6 is 0 Å². The summed E-state index contributed by atoms with van der Waals surface area (Å²) in [7, 11) is 0. The van der Waals surface area contributed by atoms with Crippen LogP contribution in [-0.2, 0) is 9.59 Å². The number of ether oxygens (including phenoxy) is 1. The van der Waals surface area contributed by atoms with Gasteiger partial charge in [-0.2, -0.15) is 0 Å². The third kappa shape index (κ3) is 4.88. The van der Waals surface area contributed by atoms with Crippen LogP contribution in [-0.4, -0.2) is 60.9 Å². The monoisotopic (exact) mass is 477 g/mol. The Morgan fingerprint density at radius 1 is 0.829 bits per heavy atom. The Hall–Kier alpha value is -3.78. The fourth-order valence-electron chi connectivity index (χ4n) is 4.70. The maximum atomic E-state index is 13.6. The van der Waals surface area contributed by atoms with Crippen LogP contribution in [0.5, 0.6) is 5.75 Å². The van der Waals surface area contributed by atoms with Crippen molar-refractivity contribution in [3.05, 3.63) is 95.6 Å². The zero-order valence-electron chi connectivity index (χ0n) is 19.1. The normalized spacial score (nSPS) is 16.3. The Morgan fingerprint density at radius 3 is 2.00 bits per heavy atom. The Morgan fingerprint density at radius 2 is 1.40 bits per heavy atom. The SMILES string of the molecule is O=C(CN1C(=O)COc2ccccc21)N1CCN(C(c2ccc(F)cc2)c2ccc(F)cc2)CC1. The largest absolute Gasteiger partial charge is 0.482 e. The van der Waals surface area contributed by atoms with Gasteiger partial charge in [0.05, 0.1) is 11.7 Å². The van der Waals surface area contributed by atoms with Crippen molar-refractivity contribution in [1.29, 1.82) is 0 Å². The molecule has 3 aromatic rings. The van der Waals surface area contributed by atoms with E-state index in [0.29, 0.717) is 37.6 Å². The minimum Gasteiger partial charge on any atom is -0.482 e. The van der Waals surface area contributed by atoms with Crippen molar-refractivity contribution >= 4 is 17.5 Å². The van der Waals surface area contributed by atoms with E-state index < -0.39 is 0 Å². The number of carbonyl (C=O) groups is 2. The molecule has 35 heavy (non-hydrogen) atoms. The molecule has 2 heterocycles. The lowest BCUT2D eigenvalue weighted by molar-refractivity contribution is -0.133. The van der Waals surface area contributed by atoms with Crippen LogP contribution in [0.1, 0.15) is 17.2 Å². The Kier molecular flexibility index (Phi) is 6.46. The molecule has 0 atom stereocenters. The van der Waals surface area contributed by atoms with Crippen molar-refractivity contribution < 1.29 is 23.1 Å². The number of anilines is 1. The third-order valence-electron chi connectivity index (χ3n) is 6.51. The molecule has 2 aliphatic rings. The Labute approximate surface area is 202 Å². The van der Waals surface area contributed by atoms with Crippen LogP contribution in [0.4, 0.5) is 14.5 Å². The molecular weight excluding hydrogens is 452 g/mol. The summed E-state index contributed by atoms with van der Waals surface area (Å²) in [5, 5.41) is 0. The van der Waals surface area contributed by atoms with Crippen molar-refractivity contribution in [3.63, 3.8) is 0 Å². The van der Waals surface area contributed by atoms with Gasteiger partial charge in [0, 0.05) is 26.2 Å². The number of amides is 2. The lowest BCUT2D eigenvalue weighted by atomic mass is 9.96. The predicted molar refractivity (Wildman–Crippen MR) is 127 cm³/mol. The number of fused-ring (bicyclic) bond motifs is 1. The first-order valence-corrected chi connectivity index (χ1v) is 11.5. The first-order valence-electron chi connectivity index (χ1n) is 11.5. The number of hydrogen-bond donors (Lipinski definition) is 0. The van der Waals surface area contributed by atoms with Crippen molar-refractivity contribution in [3.8, 4) is 5.75 Å². The summed E-state index contributed by atoms with van der Waals surface area (Å²) in [4.78, 5) is 31.0. The summed E-state index contributed by atoms with van der Waals surface area (Å²) >= 11 is 0. The molecule has 1 saturated heterocycles. The molecule has 0 radical (unpaired) electrons. The van der Waals surface area contributed by atoms with E-state index in [0.717, 1.165) is 11.1 Å². The van der Waals surface area contributed by atoms with Crippen LogP contribution in [0.2, 0.25) is 0 Å². The van der Waals surface area contributed by atoms with Gasteiger partial charge < -0.3 is 9.64 Å². The van der Waals surface area contributed by atoms with Gasteiger partial charge in [-0.3, -0.25) is 19.4 Å². The van der Waals surface area contributed by atoms with Gasteiger partial charge in [-0.15, -0.1) is 0 Å². The summed E-state index contributed by atoms with van der Waals surface area (Å²) in [5.74, 6) is -0.424.